The van der Waals surface area contributed by atoms with Crippen LogP contribution in [0.5, 0.6) is 0 Å². The molecule has 0 amide bonds. The van der Waals surface area contributed by atoms with Crippen LogP contribution < -0.4 is 5.32 Å². The number of nitrogens with one attached hydrogen (secondary N) is 1. The number of benzene rings is 1. The summed E-state index contributed by atoms with van der Waals surface area (Å²) in [5.41, 5.74) is 1.24. The molecule has 120 valence electrons. The van der Waals surface area contributed by atoms with Crippen LogP contribution in [0.15, 0.2) is 24.3 Å². The Balaban J connectivity index is 2.72. The normalized spacial score (nSPS) is 14.1. The molecule has 5 heteroatoms. The molecule has 0 heterocycles. The summed E-state index contributed by atoms with van der Waals surface area (Å²) in [5, 5.41) is 4.22. The molecule has 0 aromatic heterocycles. The van der Waals surface area contributed by atoms with E-state index in [2.05, 4.69) is 26.1 Å². The molecule has 1 N–H and O–H groups in total. The number of halogens is 1. The Morgan fingerprint density at radius 1 is 1.19 bits per heavy atom. The highest BCUT2D eigenvalue weighted by Gasteiger charge is 2.16. The first kappa shape index (κ1) is 18.5. The molecular formula is C16H26ClNO2S. The van der Waals surface area contributed by atoms with Crippen LogP contribution in [0.2, 0.25) is 5.02 Å². The van der Waals surface area contributed by atoms with Gasteiger partial charge in [0.05, 0.1) is 0 Å². The fourth-order valence-corrected chi connectivity index (χ4v) is 2.96. The van der Waals surface area contributed by atoms with E-state index in [1.807, 2.05) is 24.3 Å². The average molecular weight is 332 g/mol. The van der Waals surface area contributed by atoms with Crippen molar-refractivity contribution in [1.82, 2.24) is 5.32 Å². The minimum absolute atomic E-state index is 0.0432. The second kappa shape index (κ2) is 7.61. The summed E-state index contributed by atoms with van der Waals surface area (Å²) in [4.78, 5) is 0. The van der Waals surface area contributed by atoms with Crippen LogP contribution in [-0.2, 0) is 9.84 Å². The molecule has 0 fully saturated rings. The van der Waals surface area contributed by atoms with Crippen LogP contribution in [0.25, 0.3) is 0 Å². The smallest absolute Gasteiger partial charge is 0.147 e. The lowest BCUT2D eigenvalue weighted by molar-refractivity contribution is 0.398. The quantitative estimate of drug-likeness (QED) is 0.829. The van der Waals surface area contributed by atoms with Crippen molar-refractivity contribution in [3.63, 3.8) is 0 Å². The lowest BCUT2D eigenvalue weighted by atomic mass is 9.93. The van der Waals surface area contributed by atoms with Crippen LogP contribution in [0.3, 0.4) is 0 Å². The first-order valence-electron chi connectivity index (χ1n) is 7.25. The second-order valence-corrected chi connectivity index (χ2v) is 9.35. The van der Waals surface area contributed by atoms with Gasteiger partial charge in [-0.2, -0.15) is 0 Å². The summed E-state index contributed by atoms with van der Waals surface area (Å²) in [6, 6.07) is 7.82. The fraction of sp³-hybridized carbons (Fsp3) is 0.625. The zero-order valence-electron chi connectivity index (χ0n) is 13.3. The summed E-state index contributed by atoms with van der Waals surface area (Å²) in [5.74, 6) is 0.537. The molecule has 0 saturated heterocycles. The molecule has 21 heavy (non-hydrogen) atoms. The number of sulfone groups is 1. The maximum absolute atomic E-state index is 11.3. The van der Waals surface area contributed by atoms with Crippen molar-refractivity contribution in [3.05, 3.63) is 34.9 Å². The third kappa shape index (κ3) is 8.44. The van der Waals surface area contributed by atoms with Crippen molar-refractivity contribution in [2.45, 2.75) is 45.1 Å². The summed E-state index contributed by atoms with van der Waals surface area (Å²) in [6.45, 7) is 7.21. The fourth-order valence-electron chi connectivity index (χ4n) is 2.14. The molecule has 1 atom stereocenters. The van der Waals surface area contributed by atoms with Crippen molar-refractivity contribution >= 4 is 21.4 Å². The molecule has 0 bridgehead atoms. The Morgan fingerprint density at radius 2 is 1.76 bits per heavy atom. The van der Waals surface area contributed by atoms with Gasteiger partial charge in [-0.1, -0.05) is 23.7 Å². The Kier molecular flexibility index (Phi) is 6.70. The highest BCUT2D eigenvalue weighted by atomic mass is 35.5. The van der Waals surface area contributed by atoms with Crippen LogP contribution in [0.1, 0.15) is 45.1 Å². The van der Waals surface area contributed by atoms with Crippen molar-refractivity contribution in [2.75, 3.05) is 18.6 Å². The Hall–Kier alpha value is -0.580. The molecule has 1 rings (SSSR count). The number of hydrogen-bond donors (Lipinski definition) is 1. The molecule has 1 unspecified atom stereocenters. The standard InChI is InChI=1S/C16H26ClNO2S/c1-16(2,3)18-12-14(6-5-11-21(4,19)20)13-7-9-15(17)10-8-13/h7-10,14,18H,5-6,11-12H2,1-4H3. The minimum Gasteiger partial charge on any atom is -0.311 e. The van der Waals surface area contributed by atoms with Gasteiger partial charge in [-0.05, 0) is 57.2 Å². The monoisotopic (exact) mass is 331 g/mol. The summed E-state index contributed by atoms with van der Waals surface area (Å²) in [6.07, 6.45) is 2.81. The van der Waals surface area contributed by atoms with Crippen LogP contribution in [0.4, 0.5) is 0 Å². The van der Waals surface area contributed by atoms with Gasteiger partial charge in [-0.15, -0.1) is 0 Å². The van der Waals surface area contributed by atoms with Gasteiger partial charge in [0.2, 0.25) is 0 Å². The van der Waals surface area contributed by atoms with Crippen LogP contribution in [0, 0.1) is 0 Å². The van der Waals surface area contributed by atoms with E-state index in [1.165, 1.54) is 11.8 Å². The van der Waals surface area contributed by atoms with E-state index in [9.17, 15) is 8.42 Å². The van der Waals surface area contributed by atoms with Gasteiger partial charge in [0.15, 0.2) is 0 Å². The van der Waals surface area contributed by atoms with Gasteiger partial charge < -0.3 is 5.32 Å². The van der Waals surface area contributed by atoms with Crippen molar-refractivity contribution in [2.24, 2.45) is 0 Å². The molecule has 0 aliphatic carbocycles. The molecule has 0 aliphatic rings. The number of rotatable bonds is 7. The third-order valence-electron chi connectivity index (χ3n) is 3.29. The Bertz CT molecular complexity index is 532. The topological polar surface area (TPSA) is 46.2 Å². The SMILES string of the molecule is CC(C)(C)NCC(CCCS(C)(=O)=O)c1ccc(Cl)cc1. The van der Waals surface area contributed by atoms with E-state index in [1.54, 1.807) is 0 Å². The molecule has 1 aromatic carbocycles. The van der Waals surface area contributed by atoms with E-state index in [0.717, 1.165) is 18.0 Å². The van der Waals surface area contributed by atoms with Crippen molar-refractivity contribution in [3.8, 4) is 0 Å². The first-order chi connectivity index (χ1) is 9.57. The summed E-state index contributed by atoms with van der Waals surface area (Å²) >= 11 is 5.94. The summed E-state index contributed by atoms with van der Waals surface area (Å²) < 4.78 is 22.6. The molecule has 0 radical (unpaired) electrons. The van der Waals surface area contributed by atoms with E-state index < -0.39 is 9.84 Å². The second-order valence-electron chi connectivity index (χ2n) is 6.65. The van der Waals surface area contributed by atoms with E-state index in [0.29, 0.717) is 12.3 Å². The first-order valence-corrected chi connectivity index (χ1v) is 9.69. The lowest BCUT2D eigenvalue weighted by Gasteiger charge is -2.25. The third-order valence-corrected chi connectivity index (χ3v) is 4.57. The maximum Gasteiger partial charge on any atom is 0.147 e. The highest BCUT2D eigenvalue weighted by molar-refractivity contribution is 7.90. The Morgan fingerprint density at radius 3 is 2.24 bits per heavy atom. The van der Waals surface area contributed by atoms with Crippen LogP contribution in [-0.4, -0.2) is 32.5 Å². The molecule has 0 spiro atoms. The maximum atomic E-state index is 11.3. The highest BCUT2D eigenvalue weighted by Crippen LogP contribution is 2.23. The molecule has 1 aromatic rings. The zero-order chi connectivity index (χ0) is 16.1. The van der Waals surface area contributed by atoms with Gasteiger partial charge in [0.25, 0.3) is 0 Å². The average Bonchev–Trinajstić information content (AvgIpc) is 2.32. The largest absolute Gasteiger partial charge is 0.311 e. The van der Waals surface area contributed by atoms with E-state index >= 15 is 0 Å². The van der Waals surface area contributed by atoms with Crippen molar-refractivity contribution < 1.29 is 8.42 Å². The number of hydrogen-bond acceptors (Lipinski definition) is 3. The predicted octanol–water partition coefficient (Wildman–Crippen LogP) is 3.64. The van der Waals surface area contributed by atoms with E-state index in [4.69, 9.17) is 11.6 Å². The van der Waals surface area contributed by atoms with Gasteiger partial charge in [0.1, 0.15) is 9.84 Å². The lowest BCUT2D eigenvalue weighted by Crippen LogP contribution is -2.38. The predicted molar refractivity (Wildman–Crippen MR) is 90.9 cm³/mol. The zero-order valence-corrected chi connectivity index (χ0v) is 14.9. The molecule has 3 nitrogen and oxygen atoms in total. The molecule has 0 aliphatic heterocycles. The summed E-state index contributed by atoms with van der Waals surface area (Å²) in [7, 11) is -2.89. The molecular weight excluding hydrogens is 306 g/mol. The minimum atomic E-state index is -2.89. The molecule has 0 saturated carbocycles. The van der Waals surface area contributed by atoms with Crippen molar-refractivity contribution in [1.29, 1.82) is 0 Å². The van der Waals surface area contributed by atoms with Gasteiger partial charge in [-0.25, -0.2) is 8.42 Å². The van der Waals surface area contributed by atoms with Crippen LogP contribution >= 0.6 is 11.6 Å². The van der Waals surface area contributed by atoms with Gasteiger partial charge in [0, 0.05) is 29.1 Å². The van der Waals surface area contributed by atoms with Gasteiger partial charge in [-0.3, -0.25) is 0 Å². The van der Waals surface area contributed by atoms with Gasteiger partial charge >= 0.3 is 0 Å². The van der Waals surface area contributed by atoms with E-state index in [-0.39, 0.29) is 11.3 Å². The Labute approximate surface area is 134 Å².